The molecular formula is C21H24N2O2. The molecule has 130 valence electrons. The molecule has 4 nitrogen and oxygen atoms in total. The Kier molecular flexibility index (Phi) is 4.30. The Labute approximate surface area is 148 Å². The summed E-state index contributed by atoms with van der Waals surface area (Å²) in [5, 5.41) is 1.07. The van der Waals surface area contributed by atoms with Crippen molar-refractivity contribution in [2.24, 2.45) is 11.8 Å². The van der Waals surface area contributed by atoms with Crippen LogP contribution in [0.2, 0.25) is 0 Å². The molecule has 2 bridgehead atoms. The second-order valence-electron chi connectivity index (χ2n) is 7.19. The van der Waals surface area contributed by atoms with Gasteiger partial charge in [-0.1, -0.05) is 24.3 Å². The van der Waals surface area contributed by atoms with E-state index in [4.69, 9.17) is 4.74 Å². The highest BCUT2D eigenvalue weighted by atomic mass is 16.5. The standard InChI is InChI=1S/C21H24N2O2/c1-3-15-13-23-11-9-16(15)12-20(23)21(25-14(2)24)18-8-10-22-19-7-5-4-6-17(18)19/h3-8,10,15-16,20-21H,1,9,11-13H2,2H3/t15-,16-,20+,21?/m0/s1. The number of rotatable bonds is 4. The van der Waals surface area contributed by atoms with Gasteiger partial charge in [-0.15, -0.1) is 6.58 Å². The van der Waals surface area contributed by atoms with Crippen LogP contribution < -0.4 is 0 Å². The Balaban J connectivity index is 1.74. The van der Waals surface area contributed by atoms with Crippen LogP contribution in [0.3, 0.4) is 0 Å². The summed E-state index contributed by atoms with van der Waals surface area (Å²) in [4.78, 5) is 18.8. The molecule has 3 fully saturated rings. The van der Waals surface area contributed by atoms with Gasteiger partial charge in [-0.25, -0.2) is 0 Å². The molecule has 25 heavy (non-hydrogen) atoms. The van der Waals surface area contributed by atoms with E-state index in [2.05, 4.69) is 28.6 Å². The average Bonchev–Trinajstić information content (AvgIpc) is 2.66. The third-order valence-electron chi connectivity index (χ3n) is 5.79. The van der Waals surface area contributed by atoms with Crippen molar-refractivity contribution in [3.05, 3.63) is 54.7 Å². The van der Waals surface area contributed by atoms with E-state index in [1.165, 1.54) is 13.3 Å². The Hall–Kier alpha value is -2.20. The van der Waals surface area contributed by atoms with Gasteiger partial charge in [-0.3, -0.25) is 14.7 Å². The molecule has 0 aliphatic carbocycles. The van der Waals surface area contributed by atoms with Crippen LogP contribution in [-0.2, 0) is 9.53 Å². The zero-order valence-electron chi connectivity index (χ0n) is 14.6. The molecule has 3 aliphatic heterocycles. The molecule has 4 heterocycles. The second-order valence-corrected chi connectivity index (χ2v) is 7.19. The molecule has 0 N–H and O–H groups in total. The zero-order valence-corrected chi connectivity index (χ0v) is 14.6. The van der Waals surface area contributed by atoms with E-state index < -0.39 is 0 Å². The molecule has 3 saturated heterocycles. The number of aromatic nitrogens is 1. The van der Waals surface area contributed by atoms with Crippen molar-refractivity contribution in [3.8, 4) is 0 Å². The Bertz CT molecular complexity index is 798. The third kappa shape index (κ3) is 2.95. The molecule has 3 aliphatic rings. The highest BCUT2D eigenvalue weighted by Crippen LogP contribution is 2.43. The van der Waals surface area contributed by atoms with Gasteiger partial charge in [0.15, 0.2) is 0 Å². The minimum Gasteiger partial charge on any atom is -0.456 e. The quantitative estimate of drug-likeness (QED) is 0.630. The van der Waals surface area contributed by atoms with Gasteiger partial charge in [0.25, 0.3) is 0 Å². The number of benzene rings is 1. The molecule has 1 aromatic carbocycles. The first-order chi connectivity index (χ1) is 12.2. The molecule has 0 radical (unpaired) electrons. The molecule has 0 saturated carbocycles. The maximum atomic E-state index is 11.9. The van der Waals surface area contributed by atoms with Crippen LogP contribution in [0.15, 0.2) is 49.2 Å². The van der Waals surface area contributed by atoms with Crippen molar-refractivity contribution in [1.82, 2.24) is 9.88 Å². The van der Waals surface area contributed by atoms with Crippen molar-refractivity contribution >= 4 is 16.9 Å². The number of nitrogens with zero attached hydrogens (tertiary/aromatic N) is 2. The first-order valence-corrected chi connectivity index (χ1v) is 9.05. The molecule has 4 heteroatoms. The molecule has 0 amide bonds. The predicted octanol–water partition coefficient (Wildman–Crippen LogP) is 3.74. The number of ether oxygens (including phenoxy) is 1. The van der Waals surface area contributed by atoms with Gasteiger partial charge in [0.2, 0.25) is 0 Å². The Morgan fingerprint density at radius 3 is 2.96 bits per heavy atom. The summed E-state index contributed by atoms with van der Waals surface area (Å²) in [6, 6.07) is 10.3. The van der Waals surface area contributed by atoms with E-state index in [0.29, 0.717) is 11.8 Å². The van der Waals surface area contributed by atoms with Gasteiger partial charge in [0.05, 0.1) is 11.6 Å². The SMILES string of the molecule is C=C[C@H]1CN2CC[C@H]1C[C@@H]2C(OC(C)=O)c1ccnc2ccccc12. The number of carbonyl (C=O) groups is 1. The van der Waals surface area contributed by atoms with E-state index in [9.17, 15) is 4.79 Å². The van der Waals surface area contributed by atoms with Crippen molar-refractivity contribution < 1.29 is 9.53 Å². The number of pyridine rings is 1. The van der Waals surface area contributed by atoms with Crippen molar-refractivity contribution in [2.75, 3.05) is 13.1 Å². The summed E-state index contributed by atoms with van der Waals surface area (Å²) in [6.45, 7) is 7.58. The minimum absolute atomic E-state index is 0.227. The van der Waals surface area contributed by atoms with E-state index in [1.807, 2.05) is 30.5 Å². The smallest absolute Gasteiger partial charge is 0.303 e. The lowest BCUT2D eigenvalue weighted by atomic mass is 9.73. The Morgan fingerprint density at radius 1 is 1.40 bits per heavy atom. The molecule has 5 atom stereocenters. The largest absolute Gasteiger partial charge is 0.456 e. The summed E-state index contributed by atoms with van der Waals surface area (Å²) >= 11 is 0. The molecule has 2 aromatic rings. The lowest BCUT2D eigenvalue weighted by Crippen LogP contribution is -2.55. The normalized spacial score (nSPS) is 29.3. The fourth-order valence-corrected chi connectivity index (χ4v) is 4.59. The van der Waals surface area contributed by atoms with Crippen molar-refractivity contribution in [2.45, 2.75) is 31.9 Å². The number of esters is 1. The summed E-state index contributed by atoms with van der Waals surface area (Å²) < 4.78 is 5.87. The van der Waals surface area contributed by atoms with Crippen LogP contribution in [-0.4, -0.2) is 35.0 Å². The average molecular weight is 336 g/mol. The molecule has 0 spiro atoms. The predicted molar refractivity (Wildman–Crippen MR) is 98.0 cm³/mol. The summed E-state index contributed by atoms with van der Waals surface area (Å²) in [5.74, 6) is 0.963. The first kappa shape index (κ1) is 16.3. The highest BCUT2D eigenvalue weighted by molar-refractivity contribution is 5.82. The lowest BCUT2D eigenvalue weighted by Gasteiger charge is -2.51. The van der Waals surface area contributed by atoms with Crippen LogP contribution in [0, 0.1) is 11.8 Å². The van der Waals surface area contributed by atoms with Gasteiger partial charge >= 0.3 is 5.97 Å². The molecular weight excluding hydrogens is 312 g/mol. The van der Waals surface area contributed by atoms with Crippen LogP contribution in [0.5, 0.6) is 0 Å². The fraction of sp³-hybridized carbons (Fsp3) is 0.429. The lowest BCUT2D eigenvalue weighted by molar-refractivity contribution is -0.154. The van der Waals surface area contributed by atoms with Gasteiger partial charge in [-0.05, 0) is 43.4 Å². The summed E-state index contributed by atoms with van der Waals surface area (Å²) in [6.07, 6.45) is 5.91. The van der Waals surface area contributed by atoms with Gasteiger partial charge in [0, 0.05) is 30.6 Å². The van der Waals surface area contributed by atoms with Gasteiger partial charge in [-0.2, -0.15) is 0 Å². The topological polar surface area (TPSA) is 42.4 Å². The second kappa shape index (κ2) is 6.60. The number of fused-ring (bicyclic) bond motifs is 4. The number of para-hydroxylation sites is 1. The minimum atomic E-state index is -0.251. The maximum Gasteiger partial charge on any atom is 0.303 e. The van der Waals surface area contributed by atoms with E-state index in [0.717, 1.165) is 36.0 Å². The van der Waals surface area contributed by atoms with E-state index >= 15 is 0 Å². The van der Waals surface area contributed by atoms with Crippen LogP contribution >= 0.6 is 0 Å². The number of hydrogen-bond donors (Lipinski definition) is 0. The van der Waals surface area contributed by atoms with Crippen LogP contribution in [0.25, 0.3) is 10.9 Å². The maximum absolute atomic E-state index is 11.9. The number of carbonyl (C=O) groups excluding carboxylic acids is 1. The third-order valence-corrected chi connectivity index (χ3v) is 5.79. The Morgan fingerprint density at radius 2 is 2.24 bits per heavy atom. The summed E-state index contributed by atoms with van der Waals surface area (Å²) in [7, 11) is 0. The van der Waals surface area contributed by atoms with Gasteiger partial charge < -0.3 is 4.74 Å². The van der Waals surface area contributed by atoms with Crippen molar-refractivity contribution in [1.29, 1.82) is 0 Å². The first-order valence-electron chi connectivity index (χ1n) is 9.05. The van der Waals surface area contributed by atoms with Crippen LogP contribution in [0.4, 0.5) is 0 Å². The molecule has 5 rings (SSSR count). The number of hydrogen-bond acceptors (Lipinski definition) is 4. The molecule has 1 aromatic heterocycles. The van der Waals surface area contributed by atoms with Crippen molar-refractivity contribution in [3.63, 3.8) is 0 Å². The monoisotopic (exact) mass is 336 g/mol. The molecule has 2 unspecified atom stereocenters. The fourth-order valence-electron chi connectivity index (χ4n) is 4.59. The van der Waals surface area contributed by atoms with E-state index in [-0.39, 0.29) is 18.1 Å². The van der Waals surface area contributed by atoms with Crippen LogP contribution in [0.1, 0.15) is 31.4 Å². The van der Waals surface area contributed by atoms with Gasteiger partial charge in [0.1, 0.15) is 6.10 Å². The van der Waals surface area contributed by atoms with E-state index in [1.54, 1.807) is 0 Å². The highest BCUT2D eigenvalue weighted by Gasteiger charge is 2.44. The number of piperidine rings is 3. The zero-order chi connectivity index (χ0) is 17.4. The summed E-state index contributed by atoms with van der Waals surface area (Å²) in [5.41, 5.74) is 2.01.